The highest BCUT2D eigenvalue weighted by Crippen LogP contribution is 2.17. The molecule has 2 rings (SSSR count). The zero-order valence-corrected chi connectivity index (χ0v) is 13.4. The summed E-state index contributed by atoms with van der Waals surface area (Å²) in [6.45, 7) is 4.18. The van der Waals surface area contributed by atoms with Crippen LogP contribution in [0.3, 0.4) is 0 Å². The van der Waals surface area contributed by atoms with Gasteiger partial charge in [0.25, 0.3) is 0 Å². The fourth-order valence-electron chi connectivity index (χ4n) is 2.59. The van der Waals surface area contributed by atoms with Gasteiger partial charge in [0.1, 0.15) is 5.82 Å². The molecule has 0 amide bonds. The van der Waals surface area contributed by atoms with E-state index < -0.39 is 0 Å². The number of benzene rings is 2. The molecule has 0 aromatic heterocycles. The van der Waals surface area contributed by atoms with Crippen molar-refractivity contribution < 1.29 is 4.39 Å². The molecule has 2 aromatic rings. The van der Waals surface area contributed by atoms with Crippen LogP contribution >= 0.6 is 15.9 Å². The van der Waals surface area contributed by atoms with Gasteiger partial charge in [0, 0.05) is 10.5 Å². The van der Waals surface area contributed by atoms with Crippen molar-refractivity contribution >= 4 is 15.9 Å². The van der Waals surface area contributed by atoms with Gasteiger partial charge >= 0.3 is 0 Å². The predicted octanol–water partition coefficient (Wildman–Crippen LogP) is 4.32. The summed E-state index contributed by atoms with van der Waals surface area (Å²) in [5.74, 6) is -0.229. The molecule has 0 aliphatic rings. The SMILES string of the molecule is Cc1cc(C)cc(CC(N)Cc2cc(F)cc(Br)c2)c1. The number of hydrogen-bond donors (Lipinski definition) is 1. The smallest absolute Gasteiger partial charge is 0.124 e. The van der Waals surface area contributed by atoms with Crippen molar-refractivity contribution in [1.29, 1.82) is 0 Å². The third-order valence-electron chi connectivity index (χ3n) is 3.20. The van der Waals surface area contributed by atoms with E-state index in [4.69, 9.17) is 5.73 Å². The Kier molecular flexibility index (Phi) is 4.95. The van der Waals surface area contributed by atoms with Crippen LogP contribution in [0.25, 0.3) is 0 Å². The average Bonchev–Trinajstić information content (AvgIpc) is 2.24. The second-order valence-electron chi connectivity index (χ2n) is 5.44. The lowest BCUT2D eigenvalue weighted by atomic mass is 9.97. The highest BCUT2D eigenvalue weighted by atomic mass is 79.9. The molecule has 0 radical (unpaired) electrons. The van der Waals surface area contributed by atoms with Gasteiger partial charge in [0.2, 0.25) is 0 Å². The van der Waals surface area contributed by atoms with E-state index in [0.29, 0.717) is 6.42 Å². The zero-order chi connectivity index (χ0) is 14.7. The number of hydrogen-bond acceptors (Lipinski definition) is 1. The third-order valence-corrected chi connectivity index (χ3v) is 3.66. The van der Waals surface area contributed by atoms with Gasteiger partial charge in [0.05, 0.1) is 0 Å². The summed E-state index contributed by atoms with van der Waals surface area (Å²) in [5.41, 5.74) is 10.9. The minimum atomic E-state index is -0.229. The van der Waals surface area contributed by atoms with Gasteiger partial charge in [-0.1, -0.05) is 45.3 Å². The maximum atomic E-state index is 13.3. The zero-order valence-electron chi connectivity index (χ0n) is 11.8. The van der Waals surface area contributed by atoms with E-state index in [0.717, 1.165) is 16.5 Å². The van der Waals surface area contributed by atoms with Crippen molar-refractivity contribution in [2.75, 3.05) is 0 Å². The second-order valence-corrected chi connectivity index (χ2v) is 6.36. The van der Waals surface area contributed by atoms with E-state index in [1.165, 1.54) is 22.8 Å². The van der Waals surface area contributed by atoms with Crippen molar-refractivity contribution in [2.45, 2.75) is 32.7 Å². The van der Waals surface area contributed by atoms with Gasteiger partial charge in [-0.25, -0.2) is 4.39 Å². The Balaban J connectivity index is 2.06. The van der Waals surface area contributed by atoms with Crippen LogP contribution in [0.2, 0.25) is 0 Å². The minimum absolute atomic E-state index is 0.00935. The molecule has 1 nitrogen and oxygen atoms in total. The van der Waals surface area contributed by atoms with Crippen LogP contribution in [0.5, 0.6) is 0 Å². The van der Waals surface area contributed by atoms with Crippen LogP contribution in [0.15, 0.2) is 40.9 Å². The first-order valence-electron chi connectivity index (χ1n) is 6.70. The van der Waals surface area contributed by atoms with Gasteiger partial charge < -0.3 is 5.73 Å². The van der Waals surface area contributed by atoms with Crippen LogP contribution in [0, 0.1) is 19.7 Å². The minimum Gasteiger partial charge on any atom is -0.327 e. The third kappa shape index (κ3) is 4.43. The number of rotatable bonds is 4. The molecule has 3 heteroatoms. The molecule has 0 fully saturated rings. The largest absolute Gasteiger partial charge is 0.327 e. The molecular weight excluding hydrogens is 317 g/mol. The fourth-order valence-corrected chi connectivity index (χ4v) is 3.11. The molecule has 0 heterocycles. The Morgan fingerprint density at radius 1 is 0.950 bits per heavy atom. The molecule has 2 N–H and O–H groups in total. The Hall–Kier alpha value is -1.19. The normalized spacial score (nSPS) is 12.4. The Morgan fingerprint density at radius 3 is 2.05 bits per heavy atom. The number of aryl methyl sites for hydroxylation is 2. The molecule has 20 heavy (non-hydrogen) atoms. The van der Waals surface area contributed by atoms with E-state index >= 15 is 0 Å². The summed E-state index contributed by atoms with van der Waals surface area (Å²) in [4.78, 5) is 0. The van der Waals surface area contributed by atoms with E-state index in [1.54, 1.807) is 6.07 Å². The molecule has 0 spiro atoms. The van der Waals surface area contributed by atoms with Crippen LogP contribution in [-0.2, 0) is 12.8 Å². The molecule has 0 aliphatic carbocycles. The lowest BCUT2D eigenvalue weighted by Gasteiger charge is -2.13. The highest BCUT2D eigenvalue weighted by Gasteiger charge is 2.08. The summed E-state index contributed by atoms with van der Waals surface area (Å²) in [6.07, 6.45) is 1.47. The van der Waals surface area contributed by atoms with Crippen LogP contribution in [0.1, 0.15) is 22.3 Å². The van der Waals surface area contributed by atoms with E-state index in [-0.39, 0.29) is 11.9 Å². The molecule has 2 aromatic carbocycles. The molecule has 1 atom stereocenters. The predicted molar refractivity (Wildman–Crippen MR) is 85.4 cm³/mol. The maximum absolute atomic E-state index is 13.3. The molecule has 106 valence electrons. The summed E-state index contributed by atoms with van der Waals surface area (Å²) in [5, 5.41) is 0. The quantitative estimate of drug-likeness (QED) is 0.884. The van der Waals surface area contributed by atoms with Crippen LogP contribution < -0.4 is 5.73 Å². The summed E-state index contributed by atoms with van der Waals surface area (Å²) >= 11 is 3.31. The molecular formula is C17H19BrFN. The summed E-state index contributed by atoms with van der Waals surface area (Å²) in [6, 6.07) is 11.4. The Bertz CT molecular complexity index is 516. The Labute approximate surface area is 128 Å². The fraction of sp³-hybridized carbons (Fsp3) is 0.294. The Morgan fingerprint density at radius 2 is 1.50 bits per heavy atom. The first kappa shape index (κ1) is 15.2. The number of halogens is 2. The molecule has 0 aliphatic heterocycles. The molecule has 1 unspecified atom stereocenters. The van der Waals surface area contributed by atoms with Crippen molar-refractivity contribution in [3.05, 3.63) is 68.9 Å². The van der Waals surface area contributed by atoms with E-state index in [2.05, 4.69) is 48.0 Å². The van der Waals surface area contributed by atoms with Crippen molar-refractivity contribution in [2.24, 2.45) is 5.73 Å². The maximum Gasteiger partial charge on any atom is 0.124 e. The standard InChI is InChI=1S/C17H19BrFN/c1-11-3-12(2)5-13(4-11)8-17(20)9-14-6-15(18)10-16(19)7-14/h3-7,10,17H,8-9,20H2,1-2H3. The topological polar surface area (TPSA) is 26.0 Å². The first-order chi connectivity index (χ1) is 9.42. The highest BCUT2D eigenvalue weighted by molar-refractivity contribution is 9.10. The van der Waals surface area contributed by atoms with Crippen molar-refractivity contribution in [3.8, 4) is 0 Å². The lowest BCUT2D eigenvalue weighted by Crippen LogP contribution is -2.25. The molecule has 0 saturated heterocycles. The van der Waals surface area contributed by atoms with Gasteiger partial charge in [-0.3, -0.25) is 0 Å². The van der Waals surface area contributed by atoms with Gasteiger partial charge in [-0.15, -0.1) is 0 Å². The first-order valence-corrected chi connectivity index (χ1v) is 7.49. The average molecular weight is 336 g/mol. The number of nitrogens with two attached hydrogens (primary N) is 1. The van der Waals surface area contributed by atoms with Crippen molar-refractivity contribution in [3.63, 3.8) is 0 Å². The second kappa shape index (κ2) is 6.51. The van der Waals surface area contributed by atoms with Gasteiger partial charge in [-0.05, 0) is 56.0 Å². The van der Waals surface area contributed by atoms with Crippen molar-refractivity contribution in [1.82, 2.24) is 0 Å². The lowest BCUT2D eigenvalue weighted by molar-refractivity contribution is 0.617. The molecule has 0 saturated carbocycles. The van der Waals surface area contributed by atoms with Gasteiger partial charge in [0.15, 0.2) is 0 Å². The van der Waals surface area contributed by atoms with Gasteiger partial charge in [-0.2, -0.15) is 0 Å². The molecule has 0 bridgehead atoms. The van der Waals surface area contributed by atoms with E-state index in [9.17, 15) is 4.39 Å². The monoisotopic (exact) mass is 335 g/mol. The summed E-state index contributed by atoms with van der Waals surface area (Å²) < 4.78 is 14.1. The van der Waals surface area contributed by atoms with E-state index in [1.807, 2.05) is 6.07 Å². The van der Waals surface area contributed by atoms with Crippen LogP contribution in [0.4, 0.5) is 4.39 Å². The van der Waals surface area contributed by atoms with Crippen LogP contribution in [-0.4, -0.2) is 6.04 Å². The summed E-state index contributed by atoms with van der Waals surface area (Å²) in [7, 11) is 0.